The van der Waals surface area contributed by atoms with Crippen molar-refractivity contribution in [3.8, 4) is 17.3 Å². The lowest BCUT2D eigenvalue weighted by atomic mass is 9.98. The minimum atomic E-state index is -4.75. The molecule has 0 saturated carbocycles. The molecule has 154 valence electrons. The Bertz CT molecular complexity index is 1270. The zero-order valence-electron chi connectivity index (χ0n) is 15.4. The standard InChI is InChI=1S/C19H14F3N5O2S/c1-11-5-6-12(10-23)9-13(11)18-14(19(20,21)22)7-8-16(26-18)27-30(28,29)17-4-2-3-15(24)25-17/h2-9H,1H3,(H2,24,25)(H,26,27). The summed E-state index contributed by atoms with van der Waals surface area (Å²) in [5, 5.41) is 8.67. The zero-order valence-corrected chi connectivity index (χ0v) is 16.2. The van der Waals surface area contributed by atoms with Crippen LogP contribution in [-0.4, -0.2) is 18.4 Å². The third-order valence-corrected chi connectivity index (χ3v) is 5.34. The molecule has 0 aliphatic rings. The normalized spacial score (nSPS) is 11.7. The van der Waals surface area contributed by atoms with Gasteiger partial charge in [0.15, 0.2) is 5.03 Å². The molecule has 0 fully saturated rings. The van der Waals surface area contributed by atoms with E-state index in [9.17, 15) is 21.6 Å². The van der Waals surface area contributed by atoms with E-state index in [0.717, 1.165) is 12.1 Å². The van der Waals surface area contributed by atoms with E-state index >= 15 is 0 Å². The number of halogens is 3. The fourth-order valence-corrected chi connectivity index (χ4v) is 3.64. The Hall–Kier alpha value is -3.65. The van der Waals surface area contributed by atoms with Crippen molar-refractivity contribution in [3.63, 3.8) is 0 Å². The summed E-state index contributed by atoms with van der Waals surface area (Å²) in [6, 6.07) is 11.7. The van der Waals surface area contributed by atoms with Gasteiger partial charge in [-0.25, -0.2) is 9.97 Å². The van der Waals surface area contributed by atoms with Crippen LogP contribution in [0.3, 0.4) is 0 Å². The average molecular weight is 433 g/mol. The van der Waals surface area contributed by atoms with E-state index in [1.807, 2.05) is 6.07 Å². The highest BCUT2D eigenvalue weighted by Crippen LogP contribution is 2.38. The van der Waals surface area contributed by atoms with Gasteiger partial charge < -0.3 is 5.73 Å². The number of aryl methyl sites for hydroxylation is 1. The smallest absolute Gasteiger partial charge is 0.384 e. The van der Waals surface area contributed by atoms with E-state index in [-0.39, 0.29) is 22.8 Å². The number of aromatic nitrogens is 2. The summed E-state index contributed by atoms with van der Waals surface area (Å²) in [5.74, 6) is -0.383. The molecule has 0 spiro atoms. The van der Waals surface area contributed by atoms with Crippen molar-refractivity contribution in [1.82, 2.24) is 9.97 Å². The lowest BCUT2D eigenvalue weighted by molar-refractivity contribution is -0.137. The molecule has 0 amide bonds. The Morgan fingerprint density at radius 2 is 1.83 bits per heavy atom. The van der Waals surface area contributed by atoms with Gasteiger partial charge in [-0.2, -0.15) is 26.9 Å². The summed E-state index contributed by atoms with van der Waals surface area (Å²) >= 11 is 0. The lowest BCUT2D eigenvalue weighted by Gasteiger charge is -2.16. The second kappa shape index (κ2) is 7.64. The van der Waals surface area contributed by atoms with Crippen LogP contribution in [0, 0.1) is 18.3 Å². The van der Waals surface area contributed by atoms with Crippen LogP contribution in [-0.2, 0) is 16.2 Å². The SMILES string of the molecule is Cc1ccc(C#N)cc1-c1nc(NS(=O)(=O)c2cccc(N)n2)ccc1C(F)(F)F. The van der Waals surface area contributed by atoms with E-state index in [0.29, 0.717) is 5.56 Å². The largest absolute Gasteiger partial charge is 0.418 e. The van der Waals surface area contributed by atoms with E-state index in [2.05, 4.69) is 14.7 Å². The molecule has 30 heavy (non-hydrogen) atoms. The Morgan fingerprint density at radius 3 is 2.47 bits per heavy atom. The van der Waals surface area contributed by atoms with Crippen LogP contribution in [0.5, 0.6) is 0 Å². The Balaban J connectivity index is 2.14. The predicted molar refractivity (Wildman–Crippen MR) is 104 cm³/mol. The molecule has 11 heteroatoms. The number of anilines is 2. The zero-order chi connectivity index (χ0) is 22.1. The molecule has 2 heterocycles. The van der Waals surface area contributed by atoms with Gasteiger partial charge in [0.1, 0.15) is 11.6 Å². The number of pyridine rings is 2. The lowest BCUT2D eigenvalue weighted by Crippen LogP contribution is -2.17. The van der Waals surface area contributed by atoms with Crippen molar-refractivity contribution >= 4 is 21.7 Å². The molecule has 0 bridgehead atoms. The van der Waals surface area contributed by atoms with Crippen molar-refractivity contribution in [3.05, 3.63) is 65.2 Å². The molecule has 3 aromatic rings. The third kappa shape index (κ3) is 4.33. The highest BCUT2D eigenvalue weighted by molar-refractivity contribution is 7.92. The first-order valence-electron chi connectivity index (χ1n) is 8.36. The molecule has 0 unspecified atom stereocenters. The average Bonchev–Trinajstić information content (AvgIpc) is 2.67. The Kier molecular flexibility index (Phi) is 5.37. The summed E-state index contributed by atoms with van der Waals surface area (Å²) < 4.78 is 67.8. The highest BCUT2D eigenvalue weighted by Gasteiger charge is 2.35. The fourth-order valence-electron chi connectivity index (χ4n) is 2.67. The van der Waals surface area contributed by atoms with Gasteiger partial charge in [0.25, 0.3) is 10.0 Å². The first kappa shape index (κ1) is 21.1. The van der Waals surface area contributed by atoms with Gasteiger partial charge >= 0.3 is 6.18 Å². The summed E-state index contributed by atoms with van der Waals surface area (Å²) in [5.41, 5.74) is 4.56. The number of nitrogen functional groups attached to an aromatic ring is 1. The van der Waals surface area contributed by atoms with E-state index in [1.54, 1.807) is 6.92 Å². The molecule has 1 aromatic carbocycles. The number of hydrogen-bond acceptors (Lipinski definition) is 6. The number of hydrogen-bond donors (Lipinski definition) is 2. The Morgan fingerprint density at radius 1 is 1.10 bits per heavy atom. The number of nitrogens with two attached hydrogens (primary N) is 1. The molecule has 0 aliphatic carbocycles. The van der Waals surface area contributed by atoms with Crippen molar-refractivity contribution in [1.29, 1.82) is 5.26 Å². The number of benzene rings is 1. The first-order valence-corrected chi connectivity index (χ1v) is 9.84. The number of rotatable bonds is 4. The van der Waals surface area contributed by atoms with Crippen LogP contribution in [0.15, 0.2) is 53.6 Å². The van der Waals surface area contributed by atoms with Gasteiger partial charge in [0.2, 0.25) is 0 Å². The quantitative estimate of drug-likeness (QED) is 0.647. The van der Waals surface area contributed by atoms with Crippen molar-refractivity contribution in [2.45, 2.75) is 18.1 Å². The number of alkyl halides is 3. The fraction of sp³-hybridized carbons (Fsp3) is 0.105. The van der Waals surface area contributed by atoms with E-state index < -0.39 is 32.5 Å². The molecule has 0 atom stereocenters. The van der Waals surface area contributed by atoms with Crippen LogP contribution in [0.4, 0.5) is 24.8 Å². The van der Waals surface area contributed by atoms with Gasteiger partial charge in [-0.3, -0.25) is 4.72 Å². The number of nitrogens with zero attached hydrogens (tertiary/aromatic N) is 3. The minimum absolute atomic E-state index is 0.0390. The summed E-state index contributed by atoms with van der Waals surface area (Å²) in [4.78, 5) is 7.60. The predicted octanol–water partition coefficient (Wildman–Crippen LogP) is 3.73. The second-order valence-electron chi connectivity index (χ2n) is 6.24. The van der Waals surface area contributed by atoms with Crippen LogP contribution in [0.1, 0.15) is 16.7 Å². The third-order valence-electron chi connectivity index (χ3n) is 4.08. The van der Waals surface area contributed by atoms with Gasteiger partial charge in [0, 0.05) is 5.56 Å². The molecular weight excluding hydrogens is 419 g/mol. The van der Waals surface area contributed by atoms with Gasteiger partial charge in [-0.15, -0.1) is 0 Å². The van der Waals surface area contributed by atoms with Crippen LogP contribution >= 0.6 is 0 Å². The second-order valence-corrected chi connectivity index (χ2v) is 7.87. The van der Waals surface area contributed by atoms with Crippen LogP contribution in [0.25, 0.3) is 11.3 Å². The topological polar surface area (TPSA) is 122 Å². The molecule has 2 aromatic heterocycles. The van der Waals surface area contributed by atoms with Crippen molar-refractivity contribution < 1.29 is 21.6 Å². The van der Waals surface area contributed by atoms with Crippen LogP contribution in [0.2, 0.25) is 0 Å². The minimum Gasteiger partial charge on any atom is -0.384 e. The summed E-state index contributed by atoms with van der Waals surface area (Å²) in [6.45, 7) is 1.56. The van der Waals surface area contributed by atoms with E-state index in [4.69, 9.17) is 11.0 Å². The number of sulfonamides is 1. The first-order chi connectivity index (χ1) is 14.0. The summed E-state index contributed by atoms with van der Waals surface area (Å²) in [6.07, 6.45) is -4.75. The van der Waals surface area contributed by atoms with E-state index in [1.165, 1.54) is 36.4 Å². The molecule has 7 nitrogen and oxygen atoms in total. The van der Waals surface area contributed by atoms with Crippen LogP contribution < -0.4 is 10.5 Å². The molecular formula is C19H14F3N5O2S. The van der Waals surface area contributed by atoms with Crippen molar-refractivity contribution in [2.24, 2.45) is 0 Å². The summed E-state index contributed by atoms with van der Waals surface area (Å²) in [7, 11) is -4.24. The number of nitrogens with one attached hydrogen (secondary N) is 1. The maximum absolute atomic E-state index is 13.6. The van der Waals surface area contributed by atoms with Gasteiger partial charge in [-0.1, -0.05) is 12.1 Å². The van der Waals surface area contributed by atoms with Gasteiger partial charge in [-0.05, 0) is 48.9 Å². The maximum atomic E-state index is 13.6. The molecule has 3 N–H and O–H groups in total. The van der Waals surface area contributed by atoms with Gasteiger partial charge in [0.05, 0.1) is 22.9 Å². The Labute approximate surface area is 170 Å². The molecule has 0 radical (unpaired) electrons. The molecule has 0 saturated heterocycles. The maximum Gasteiger partial charge on any atom is 0.418 e. The molecule has 0 aliphatic heterocycles. The highest BCUT2D eigenvalue weighted by atomic mass is 32.2. The number of nitriles is 1. The monoisotopic (exact) mass is 433 g/mol. The van der Waals surface area contributed by atoms with Crippen molar-refractivity contribution in [2.75, 3.05) is 10.5 Å². The molecule has 3 rings (SSSR count).